The molecule has 3 atom stereocenters. The van der Waals surface area contributed by atoms with Crippen molar-refractivity contribution in [2.24, 2.45) is 11.7 Å². The highest BCUT2D eigenvalue weighted by atomic mass is 16.4. The molecule has 0 saturated carbocycles. The van der Waals surface area contributed by atoms with Gasteiger partial charge >= 0.3 is 5.97 Å². The van der Waals surface area contributed by atoms with Crippen molar-refractivity contribution >= 4 is 17.8 Å². The topological polar surface area (TPSA) is 141 Å². The zero-order valence-electron chi connectivity index (χ0n) is 14.4. The zero-order chi connectivity index (χ0) is 18.6. The quantitative estimate of drug-likeness (QED) is 0.521. The maximum Gasteiger partial charge on any atom is 0.326 e. The molecule has 25 heavy (non-hydrogen) atoms. The maximum absolute atomic E-state index is 12.9. The molecular formula is C16H25N5O4. The van der Waals surface area contributed by atoms with E-state index in [1.807, 2.05) is 13.8 Å². The molecule has 9 nitrogen and oxygen atoms in total. The first-order chi connectivity index (χ1) is 11.8. The van der Waals surface area contributed by atoms with Gasteiger partial charge in [0.25, 0.3) is 0 Å². The summed E-state index contributed by atoms with van der Waals surface area (Å²) in [5.74, 6) is -1.96. The fourth-order valence-electron chi connectivity index (χ4n) is 2.87. The number of carbonyl (C=O) groups is 3. The predicted octanol–water partition coefficient (Wildman–Crippen LogP) is -0.504. The van der Waals surface area contributed by atoms with Crippen LogP contribution in [0.5, 0.6) is 0 Å². The van der Waals surface area contributed by atoms with Crippen molar-refractivity contribution in [3.05, 3.63) is 18.2 Å². The highest BCUT2D eigenvalue weighted by Crippen LogP contribution is 2.19. The number of nitrogens with zero attached hydrogens (tertiary/aromatic N) is 2. The van der Waals surface area contributed by atoms with Gasteiger partial charge in [0.15, 0.2) is 0 Å². The number of imidazole rings is 1. The van der Waals surface area contributed by atoms with Crippen LogP contribution < -0.4 is 11.1 Å². The molecule has 2 rings (SSSR count). The molecule has 0 aliphatic carbocycles. The predicted molar refractivity (Wildman–Crippen MR) is 89.4 cm³/mol. The molecule has 138 valence electrons. The lowest BCUT2D eigenvalue weighted by Gasteiger charge is -2.28. The standard InChI is InChI=1S/C16H25N5O4/c1-9(2)13(17)14(22)20-11(6-10-7-18-8-19-10)15(23)21-5-3-4-12(21)16(24)25/h7-9,11-13H,3-6,17H2,1-2H3,(H,18,19)(H,20,22)(H,24,25)/t11-,12+,13-/m0/s1. The van der Waals surface area contributed by atoms with Crippen LogP contribution in [0.1, 0.15) is 32.4 Å². The molecule has 1 aliphatic rings. The largest absolute Gasteiger partial charge is 0.480 e. The monoisotopic (exact) mass is 351 g/mol. The van der Waals surface area contributed by atoms with Crippen LogP contribution in [0.3, 0.4) is 0 Å². The Morgan fingerprint density at radius 1 is 1.48 bits per heavy atom. The van der Waals surface area contributed by atoms with E-state index in [9.17, 15) is 19.5 Å². The fourth-order valence-corrected chi connectivity index (χ4v) is 2.87. The number of carboxylic acids is 1. The van der Waals surface area contributed by atoms with E-state index in [0.717, 1.165) is 0 Å². The first-order valence-corrected chi connectivity index (χ1v) is 8.37. The van der Waals surface area contributed by atoms with Crippen molar-refractivity contribution in [2.75, 3.05) is 6.54 Å². The Bertz CT molecular complexity index is 616. The molecule has 0 spiro atoms. The van der Waals surface area contributed by atoms with Crippen molar-refractivity contribution in [3.8, 4) is 0 Å². The van der Waals surface area contributed by atoms with Gasteiger partial charge in [-0.3, -0.25) is 9.59 Å². The summed E-state index contributed by atoms with van der Waals surface area (Å²) in [5.41, 5.74) is 6.53. The lowest BCUT2D eigenvalue weighted by Crippen LogP contribution is -2.56. The Morgan fingerprint density at radius 3 is 2.76 bits per heavy atom. The summed E-state index contributed by atoms with van der Waals surface area (Å²) in [6.07, 6.45) is 4.27. The number of rotatable bonds is 7. The van der Waals surface area contributed by atoms with Crippen LogP contribution in [-0.4, -0.2) is 62.4 Å². The molecule has 0 unspecified atom stereocenters. The first-order valence-electron chi connectivity index (χ1n) is 8.37. The summed E-state index contributed by atoms with van der Waals surface area (Å²) < 4.78 is 0. The second-order valence-electron chi connectivity index (χ2n) is 6.64. The van der Waals surface area contributed by atoms with Gasteiger partial charge in [-0.25, -0.2) is 9.78 Å². The van der Waals surface area contributed by atoms with Gasteiger partial charge in [-0.1, -0.05) is 13.8 Å². The number of aromatic amines is 1. The van der Waals surface area contributed by atoms with Crippen molar-refractivity contribution in [2.45, 2.75) is 51.2 Å². The second-order valence-corrected chi connectivity index (χ2v) is 6.64. The van der Waals surface area contributed by atoms with Crippen LogP contribution in [-0.2, 0) is 20.8 Å². The number of H-pyrrole nitrogens is 1. The van der Waals surface area contributed by atoms with Crippen LogP contribution in [0.4, 0.5) is 0 Å². The number of amides is 2. The molecule has 0 aromatic carbocycles. The lowest BCUT2D eigenvalue weighted by molar-refractivity contribution is -0.149. The maximum atomic E-state index is 12.9. The molecule has 1 fully saturated rings. The number of nitrogens with one attached hydrogen (secondary N) is 2. The number of nitrogens with two attached hydrogens (primary N) is 1. The number of likely N-dealkylation sites (tertiary alicyclic amines) is 1. The van der Waals surface area contributed by atoms with E-state index in [0.29, 0.717) is 25.1 Å². The third-order valence-corrected chi connectivity index (χ3v) is 4.44. The number of aromatic nitrogens is 2. The molecule has 9 heteroatoms. The van der Waals surface area contributed by atoms with E-state index < -0.39 is 35.9 Å². The van der Waals surface area contributed by atoms with Gasteiger partial charge in [-0.15, -0.1) is 0 Å². The van der Waals surface area contributed by atoms with Gasteiger partial charge < -0.3 is 26.0 Å². The number of aliphatic carboxylic acids is 1. The molecule has 5 N–H and O–H groups in total. The van der Waals surface area contributed by atoms with Gasteiger partial charge in [0.2, 0.25) is 11.8 Å². The smallest absolute Gasteiger partial charge is 0.326 e. The van der Waals surface area contributed by atoms with Crippen molar-refractivity contribution in [3.63, 3.8) is 0 Å². The van der Waals surface area contributed by atoms with Gasteiger partial charge in [0.1, 0.15) is 12.1 Å². The van der Waals surface area contributed by atoms with Gasteiger partial charge in [0.05, 0.1) is 12.4 Å². The van der Waals surface area contributed by atoms with Crippen molar-refractivity contribution in [1.82, 2.24) is 20.2 Å². The molecule has 1 aromatic rings. The Labute approximate surface area is 146 Å². The van der Waals surface area contributed by atoms with Crippen molar-refractivity contribution < 1.29 is 19.5 Å². The summed E-state index contributed by atoms with van der Waals surface area (Å²) in [4.78, 5) is 44.7. The molecule has 2 heterocycles. The molecular weight excluding hydrogens is 326 g/mol. The van der Waals surface area contributed by atoms with E-state index in [1.165, 1.54) is 11.2 Å². The van der Waals surface area contributed by atoms with Gasteiger partial charge in [-0.05, 0) is 18.8 Å². The van der Waals surface area contributed by atoms with Gasteiger partial charge in [-0.2, -0.15) is 0 Å². The minimum atomic E-state index is -1.03. The SMILES string of the molecule is CC(C)[C@H](N)C(=O)N[C@@H](Cc1cnc[nH]1)C(=O)N1CCC[C@@H]1C(=O)O. The highest BCUT2D eigenvalue weighted by Gasteiger charge is 2.38. The Morgan fingerprint density at radius 2 is 2.20 bits per heavy atom. The highest BCUT2D eigenvalue weighted by molar-refractivity contribution is 5.92. The second kappa shape index (κ2) is 8.11. The summed E-state index contributed by atoms with van der Waals surface area (Å²) >= 11 is 0. The minimum Gasteiger partial charge on any atom is -0.480 e. The van der Waals surface area contributed by atoms with Crippen LogP contribution in [0.15, 0.2) is 12.5 Å². The number of hydrogen-bond acceptors (Lipinski definition) is 5. The van der Waals surface area contributed by atoms with Gasteiger partial charge in [0, 0.05) is 24.9 Å². The van der Waals surface area contributed by atoms with E-state index in [4.69, 9.17) is 5.73 Å². The third-order valence-electron chi connectivity index (χ3n) is 4.44. The summed E-state index contributed by atoms with van der Waals surface area (Å²) in [5, 5.41) is 12.0. The zero-order valence-corrected chi connectivity index (χ0v) is 14.4. The summed E-state index contributed by atoms with van der Waals surface area (Å²) in [6, 6.07) is -2.49. The minimum absolute atomic E-state index is 0.0820. The van der Waals surface area contributed by atoms with E-state index in [-0.39, 0.29) is 12.3 Å². The Hall–Kier alpha value is -2.42. The molecule has 0 radical (unpaired) electrons. The lowest BCUT2D eigenvalue weighted by atomic mass is 10.0. The van der Waals surface area contributed by atoms with Crippen LogP contribution >= 0.6 is 0 Å². The number of carbonyl (C=O) groups excluding carboxylic acids is 2. The first kappa shape index (κ1) is 18.9. The van der Waals surface area contributed by atoms with E-state index in [2.05, 4.69) is 15.3 Å². The normalized spacial score (nSPS) is 19.7. The fraction of sp³-hybridized carbons (Fsp3) is 0.625. The number of carboxylic acid groups (broad SMARTS) is 1. The molecule has 1 aliphatic heterocycles. The van der Waals surface area contributed by atoms with Crippen LogP contribution in [0, 0.1) is 5.92 Å². The third kappa shape index (κ3) is 4.56. The van der Waals surface area contributed by atoms with E-state index in [1.54, 1.807) is 6.20 Å². The average molecular weight is 351 g/mol. The van der Waals surface area contributed by atoms with E-state index >= 15 is 0 Å². The average Bonchev–Trinajstić information content (AvgIpc) is 3.23. The van der Waals surface area contributed by atoms with Crippen molar-refractivity contribution in [1.29, 1.82) is 0 Å². The summed E-state index contributed by atoms with van der Waals surface area (Å²) in [7, 11) is 0. The molecule has 2 amide bonds. The molecule has 1 saturated heterocycles. The van der Waals surface area contributed by atoms with Crippen LogP contribution in [0.25, 0.3) is 0 Å². The molecule has 1 aromatic heterocycles. The molecule has 0 bridgehead atoms. The van der Waals surface area contributed by atoms with Crippen LogP contribution in [0.2, 0.25) is 0 Å². The Balaban J connectivity index is 2.17. The Kier molecular flexibility index (Phi) is 6.13. The summed E-state index contributed by atoms with van der Waals surface area (Å²) in [6.45, 7) is 4.00. The number of hydrogen-bond donors (Lipinski definition) is 4.